The lowest BCUT2D eigenvalue weighted by atomic mass is 9.78. The Balaban J connectivity index is 2.14. The summed E-state index contributed by atoms with van der Waals surface area (Å²) in [7, 11) is 0. The molecule has 0 bridgehead atoms. The molecule has 4 nitrogen and oxygen atoms in total. The highest BCUT2D eigenvalue weighted by atomic mass is 16.4. The van der Waals surface area contributed by atoms with Gasteiger partial charge in [-0.15, -0.1) is 0 Å². The summed E-state index contributed by atoms with van der Waals surface area (Å²) in [5.41, 5.74) is 0. The van der Waals surface area contributed by atoms with Crippen LogP contribution in [0.5, 0.6) is 0 Å². The van der Waals surface area contributed by atoms with Crippen LogP contribution in [-0.2, 0) is 9.59 Å². The first-order valence-electron chi connectivity index (χ1n) is 4.69. The molecule has 0 aromatic carbocycles. The third kappa shape index (κ3) is 1.35. The van der Waals surface area contributed by atoms with Crippen LogP contribution < -0.4 is 5.32 Å². The molecule has 1 heterocycles. The van der Waals surface area contributed by atoms with Gasteiger partial charge in [-0.1, -0.05) is 0 Å². The van der Waals surface area contributed by atoms with E-state index in [1.54, 1.807) is 0 Å². The molecule has 1 aliphatic carbocycles. The number of aliphatic carboxylic acids is 1. The second-order valence-electron chi connectivity index (χ2n) is 3.85. The minimum Gasteiger partial charge on any atom is -0.480 e. The molecule has 1 saturated carbocycles. The Bertz CT molecular complexity index is 245. The van der Waals surface area contributed by atoms with Crippen molar-refractivity contribution >= 4 is 11.8 Å². The second-order valence-corrected chi connectivity index (χ2v) is 3.85. The molecule has 4 heteroatoms. The maximum Gasteiger partial charge on any atom is 0.321 e. The average Bonchev–Trinajstić information content (AvgIpc) is 2.48. The van der Waals surface area contributed by atoms with Crippen molar-refractivity contribution in [3.63, 3.8) is 0 Å². The van der Waals surface area contributed by atoms with E-state index < -0.39 is 12.0 Å². The number of hydrogen-bond acceptors (Lipinski definition) is 3. The summed E-state index contributed by atoms with van der Waals surface area (Å²) >= 11 is 0. The van der Waals surface area contributed by atoms with Crippen molar-refractivity contribution in [1.82, 2.24) is 5.32 Å². The number of hydrogen-bond donors (Lipinski definition) is 2. The normalized spacial score (nSPS) is 38.8. The SMILES string of the molecule is O=C1CCC[C@@H]2[C@@H]1CN[C@@H]2C(=O)O. The Kier molecular flexibility index (Phi) is 2.07. The predicted octanol–water partition coefficient (Wildman–Crippen LogP) is 0.0282. The number of ketones is 1. The zero-order valence-electron chi connectivity index (χ0n) is 7.32. The number of nitrogens with one attached hydrogen (secondary N) is 1. The summed E-state index contributed by atoms with van der Waals surface area (Å²) in [4.78, 5) is 22.2. The first kappa shape index (κ1) is 8.69. The predicted molar refractivity (Wildman–Crippen MR) is 45.3 cm³/mol. The van der Waals surface area contributed by atoms with Gasteiger partial charge in [-0.3, -0.25) is 9.59 Å². The van der Waals surface area contributed by atoms with Crippen molar-refractivity contribution in [1.29, 1.82) is 0 Å². The van der Waals surface area contributed by atoms with Crippen molar-refractivity contribution in [2.45, 2.75) is 25.3 Å². The quantitative estimate of drug-likeness (QED) is 0.601. The third-order valence-corrected chi connectivity index (χ3v) is 3.14. The average molecular weight is 183 g/mol. The van der Waals surface area contributed by atoms with Gasteiger partial charge in [0.2, 0.25) is 0 Å². The van der Waals surface area contributed by atoms with E-state index in [0.29, 0.717) is 13.0 Å². The van der Waals surface area contributed by atoms with E-state index in [2.05, 4.69) is 5.32 Å². The molecule has 1 saturated heterocycles. The van der Waals surface area contributed by atoms with E-state index in [0.717, 1.165) is 12.8 Å². The third-order valence-electron chi connectivity index (χ3n) is 3.14. The molecule has 0 spiro atoms. The summed E-state index contributed by atoms with van der Waals surface area (Å²) in [5, 5.41) is 11.8. The van der Waals surface area contributed by atoms with E-state index in [-0.39, 0.29) is 17.6 Å². The van der Waals surface area contributed by atoms with Crippen LogP contribution in [-0.4, -0.2) is 29.4 Å². The Morgan fingerprint density at radius 2 is 2.31 bits per heavy atom. The highest BCUT2D eigenvalue weighted by molar-refractivity contribution is 5.85. The molecule has 1 aliphatic heterocycles. The molecule has 72 valence electrons. The first-order valence-corrected chi connectivity index (χ1v) is 4.69. The number of carbonyl (C=O) groups excluding carboxylic acids is 1. The highest BCUT2D eigenvalue weighted by Crippen LogP contribution is 2.33. The zero-order chi connectivity index (χ0) is 9.42. The molecule has 3 atom stereocenters. The van der Waals surface area contributed by atoms with Gasteiger partial charge in [0.05, 0.1) is 0 Å². The number of carboxylic acids is 1. The lowest BCUT2D eigenvalue weighted by molar-refractivity contribution is -0.140. The van der Waals surface area contributed by atoms with Crippen molar-refractivity contribution < 1.29 is 14.7 Å². The van der Waals surface area contributed by atoms with Crippen LogP contribution in [0.15, 0.2) is 0 Å². The van der Waals surface area contributed by atoms with E-state index in [1.807, 2.05) is 0 Å². The summed E-state index contributed by atoms with van der Waals surface area (Å²) in [6, 6.07) is -0.491. The van der Waals surface area contributed by atoms with Crippen molar-refractivity contribution in [3.8, 4) is 0 Å². The molecule has 2 rings (SSSR count). The Morgan fingerprint density at radius 1 is 1.54 bits per heavy atom. The number of carboxylic acid groups (broad SMARTS) is 1. The molecule has 0 radical (unpaired) electrons. The number of Topliss-reactive ketones (excluding diaryl/α,β-unsaturated/α-hetero) is 1. The number of fused-ring (bicyclic) bond motifs is 1. The first-order chi connectivity index (χ1) is 6.20. The summed E-state index contributed by atoms with van der Waals surface area (Å²) in [6.45, 7) is 0.556. The summed E-state index contributed by atoms with van der Waals surface area (Å²) in [6.07, 6.45) is 2.36. The zero-order valence-corrected chi connectivity index (χ0v) is 7.32. The molecule has 0 unspecified atom stereocenters. The van der Waals surface area contributed by atoms with Crippen molar-refractivity contribution in [2.75, 3.05) is 6.54 Å². The van der Waals surface area contributed by atoms with Gasteiger partial charge in [-0.2, -0.15) is 0 Å². The Labute approximate surface area is 76.3 Å². The van der Waals surface area contributed by atoms with Crippen LogP contribution in [0.1, 0.15) is 19.3 Å². The standard InChI is InChI=1S/C9H13NO3/c11-7-3-1-2-5-6(7)4-10-8(5)9(12)13/h5-6,8,10H,1-4H2,(H,12,13)/t5-,6+,8+/m1/s1. The fourth-order valence-electron chi connectivity index (χ4n) is 2.48. The number of carbonyl (C=O) groups is 2. The lowest BCUT2D eigenvalue weighted by Crippen LogP contribution is -2.37. The fourth-order valence-corrected chi connectivity index (χ4v) is 2.48. The van der Waals surface area contributed by atoms with Gasteiger partial charge < -0.3 is 10.4 Å². The molecular weight excluding hydrogens is 170 g/mol. The topological polar surface area (TPSA) is 66.4 Å². The van der Waals surface area contributed by atoms with Crippen molar-refractivity contribution in [3.05, 3.63) is 0 Å². The van der Waals surface area contributed by atoms with Crippen LogP contribution in [0.25, 0.3) is 0 Å². The molecule has 13 heavy (non-hydrogen) atoms. The lowest BCUT2D eigenvalue weighted by Gasteiger charge is -2.24. The largest absolute Gasteiger partial charge is 0.480 e. The maximum atomic E-state index is 11.4. The van der Waals surface area contributed by atoms with Gasteiger partial charge in [0.15, 0.2) is 0 Å². The van der Waals surface area contributed by atoms with Crippen LogP contribution in [0.4, 0.5) is 0 Å². The van der Waals surface area contributed by atoms with Gasteiger partial charge in [0.1, 0.15) is 11.8 Å². The van der Waals surface area contributed by atoms with Gasteiger partial charge >= 0.3 is 5.97 Å². The van der Waals surface area contributed by atoms with E-state index >= 15 is 0 Å². The van der Waals surface area contributed by atoms with Crippen LogP contribution in [0.3, 0.4) is 0 Å². The molecule has 2 N–H and O–H groups in total. The van der Waals surface area contributed by atoms with Gasteiger partial charge in [-0.25, -0.2) is 0 Å². The molecular formula is C9H13NO3. The smallest absolute Gasteiger partial charge is 0.321 e. The second kappa shape index (κ2) is 3.10. The maximum absolute atomic E-state index is 11.4. The molecule has 0 amide bonds. The fraction of sp³-hybridized carbons (Fsp3) is 0.778. The molecule has 2 aliphatic rings. The minimum absolute atomic E-state index is 0.0325. The van der Waals surface area contributed by atoms with Gasteiger partial charge in [0.25, 0.3) is 0 Å². The molecule has 0 aromatic heterocycles. The Hall–Kier alpha value is -0.900. The molecule has 0 aromatic rings. The minimum atomic E-state index is -0.817. The number of rotatable bonds is 1. The summed E-state index contributed by atoms with van der Waals surface area (Å²) < 4.78 is 0. The van der Waals surface area contributed by atoms with Crippen LogP contribution in [0, 0.1) is 11.8 Å². The van der Waals surface area contributed by atoms with E-state index in [4.69, 9.17) is 5.11 Å². The van der Waals surface area contributed by atoms with E-state index in [1.165, 1.54) is 0 Å². The summed E-state index contributed by atoms with van der Waals surface area (Å²) in [5.74, 6) is -0.566. The van der Waals surface area contributed by atoms with Crippen LogP contribution in [0.2, 0.25) is 0 Å². The Morgan fingerprint density at radius 3 is 3.00 bits per heavy atom. The van der Waals surface area contributed by atoms with E-state index in [9.17, 15) is 9.59 Å². The molecule has 2 fully saturated rings. The monoisotopic (exact) mass is 183 g/mol. The van der Waals surface area contributed by atoms with Gasteiger partial charge in [-0.05, 0) is 18.8 Å². The highest BCUT2D eigenvalue weighted by Gasteiger charge is 2.44. The van der Waals surface area contributed by atoms with Crippen LogP contribution >= 0.6 is 0 Å². The van der Waals surface area contributed by atoms with Crippen molar-refractivity contribution in [2.24, 2.45) is 11.8 Å². The van der Waals surface area contributed by atoms with Gasteiger partial charge in [0, 0.05) is 18.9 Å².